The van der Waals surface area contributed by atoms with Crippen molar-refractivity contribution in [2.24, 2.45) is 0 Å². The van der Waals surface area contributed by atoms with Gasteiger partial charge >= 0.3 is 0 Å². The number of phenolic OH excluding ortho intramolecular Hbond substituents is 1. The molecule has 3 nitrogen and oxygen atoms in total. The normalized spacial score (nSPS) is 11.2. The number of nitrogens with one attached hydrogen (secondary N) is 1. The van der Waals surface area contributed by atoms with Gasteiger partial charge in [0.15, 0.2) is 0 Å². The number of fused-ring (bicyclic) bond motifs is 1. The van der Waals surface area contributed by atoms with Crippen LogP contribution >= 0.6 is 0 Å². The fourth-order valence-electron chi connectivity index (χ4n) is 1.58. The van der Waals surface area contributed by atoms with E-state index < -0.39 is 0 Å². The van der Waals surface area contributed by atoms with E-state index >= 15 is 0 Å². The van der Waals surface area contributed by atoms with Crippen LogP contribution in [0.15, 0.2) is 30.3 Å². The molecular formula is C13H16N2O. The smallest absolute Gasteiger partial charge is 0.141 e. The molecule has 3 heteroatoms. The van der Waals surface area contributed by atoms with E-state index in [4.69, 9.17) is 0 Å². The van der Waals surface area contributed by atoms with E-state index in [0.717, 1.165) is 17.6 Å². The van der Waals surface area contributed by atoms with Gasteiger partial charge in [-0.1, -0.05) is 32.0 Å². The molecule has 0 atom stereocenters. The minimum atomic E-state index is 0.240. The molecule has 16 heavy (non-hydrogen) atoms. The van der Waals surface area contributed by atoms with Crippen molar-refractivity contribution in [1.82, 2.24) is 10.3 Å². The van der Waals surface area contributed by atoms with Gasteiger partial charge in [0.05, 0.1) is 5.69 Å². The molecule has 0 bridgehead atoms. The summed E-state index contributed by atoms with van der Waals surface area (Å²) >= 11 is 0. The standard InChI is InChI=1S/C13H16N2O/c1-9(2)14-8-11-7-6-10-4-3-5-12(16)13(10)15-11/h3-7,9,14,16H,8H2,1-2H3. The van der Waals surface area contributed by atoms with Crippen molar-refractivity contribution in [3.63, 3.8) is 0 Å². The zero-order chi connectivity index (χ0) is 11.5. The van der Waals surface area contributed by atoms with Crippen LogP contribution in [0, 0.1) is 0 Å². The van der Waals surface area contributed by atoms with Crippen LogP contribution in [-0.2, 0) is 6.54 Å². The summed E-state index contributed by atoms with van der Waals surface area (Å²) in [5.41, 5.74) is 1.62. The van der Waals surface area contributed by atoms with Gasteiger partial charge in [0.1, 0.15) is 11.3 Å². The zero-order valence-electron chi connectivity index (χ0n) is 9.57. The third-order valence-corrected chi connectivity index (χ3v) is 2.45. The maximum absolute atomic E-state index is 9.69. The molecule has 0 saturated heterocycles. The monoisotopic (exact) mass is 216 g/mol. The second-order valence-corrected chi connectivity index (χ2v) is 4.19. The van der Waals surface area contributed by atoms with Gasteiger partial charge in [0.25, 0.3) is 0 Å². The Morgan fingerprint density at radius 2 is 2.06 bits per heavy atom. The van der Waals surface area contributed by atoms with Gasteiger partial charge in [-0.05, 0) is 12.1 Å². The number of aromatic nitrogens is 1. The number of pyridine rings is 1. The van der Waals surface area contributed by atoms with Gasteiger partial charge in [0.2, 0.25) is 0 Å². The fraction of sp³-hybridized carbons (Fsp3) is 0.308. The van der Waals surface area contributed by atoms with Gasteiger partial charge in [-0.3, -0.25) is 0 Å². The largest absolute Gasteiger partial charge is 0.506 e. The van der Waals surface area contributed by atoms with Crippen molar-refractivity contribution in [3.8, 4) is 5.75 Å². The average Bonchev–Trinajstić information content (AvgIpc) is 2.27. The predicted molar refractivity (Wildman–Crippen MR) is 65.4 cm³/mol. The molecule has 2 aromatic rings. The third-order valence-electron chi connectivity index (χ3n) is 2.45. The number of rotatable bonds is 3. The van der Waals surface area contributed by atoms with Crippen LogP contribution in [0.4, 0.5) is 0 Å². The minimum absolute atomic E-state index is 0.240. The number of hydrogen-bond acceptors (Lipinski definition) is 3. The second kappa shape index (κ2) is 4.49. The van der Waals surface area contributed by atoms with E-state index in [9.17, 15) is 5.11 Å². The van der Waals surface area contributed by atoms with Gasteiger partial charge in [-0.15, -0.1) is 0 Å². The summed E-state index contributed by atoms with van der Waals surface area (Å²) in [7, 11) is 0. The molecule has 0 radical (unpaired) electrons. The molecule has 2 N–H and O–H groups in total. The topological polar surface area (TPSA) is 45.1 Å². The van der Waals surface area contributed by atoms with Gasteiger partial charge in [-0.25, -0.2) is 4.98 Å². The van der Waals surface area contributed by atoms with E-state index in [1.54, 1.807) is 6.07 Å². The quantitative estimate of drug-likeness (QED) is 0.828. The molecule has 0 fully saturated rings. The molecule has 0 aliphatic heterocycles. The summed E-state index contributed by atoms with van der Waals surface area (Å²) in [6, 6.07) is 9.83. The number of para-hydroxylation sites is 1. The molecule has 0 aliphatic rings. The Labute approximate surface area is 95.1 Å². The molecule has 1 heterocycles. The Morgan fingerprint density at radius 1 is 1.25 bits per heavy atom. The number of phenols is 1. The van der Waals surface area contributed by atoms with Crippen LogP contribution in [-0.4, -0.2) is 16.1 Å². The van der Waals surface area contributed by atoms with Crippen molar-refractivity contribution in [2.45, 2.75) is 26.4 Å². The lowest BCUT2D eigenvalue weighted by atomic mass is 10.2. The van der Waals surface area contributed by atoms with Crippen molar-refractivity contribution < 1.29 is 5.11 Å². The summed E-state index contributed by atoms with van der Waals surface area (Å²) in [5.74, 6) is 0.240. The number of aromatic hydroxyl groups is 1. The first-order chi connectivity index (χ1) is 7.66. The fourth-order valence-corrected chi connectivity index (χ4v) is 1.58. The molecule has 84 valence electrons. The molecule has 2 rings (SSSR count). The Morgan fingerprint density at radius 3 is 2.81 bits per heavy atom. The van der Waals surface area contributed by atoms with Crippen LogP contribution in [0.2, 0.25) is 0 Å². The second-order valence-electron chi connectivity index (χ2n) is 4.19. The molecule has 0 amide bonds. The van der Waals surface area contributed by atoms with E-state index in [-0.39, 0.29) is 5.75 Å². The van der Waals surface area contributed by atoms with E-state index in [0.29, 0.717) is 11.6 Å². The number of benzene rings is 1. The van der Waals surface area contributed by atoms with E-state index in [1.807, 2.05) is 24.3 Å². The maximum Gasteiger partial charge on any atom is 0.141 e. The highest BCUT2D eigenvalue weighted by atomic mass is 16.3. The molecule has 0 unspecified atom stereocenters. The van der Waals surface area contributed by atoms with Gasteiger partial charge in [0, 0.05) is 18.0 Å². The zero-order valence-corrected chi connectivity index (χ0v) is 9.57. The summed E-state index contributed by atoms with van der Waals surface area (Å²) in [5, 5.41) is 14.0. The van der Waals surface area contributed by atoms with Crippen molar-refractivity contribution in [1.29, 1.82) is 0 Å². The Bertz CT molecular complexity index is 494. The Hall–Kier alpha value is -1.61. The lowest BCUT2D eigenvalue weighted by Gasteiger charge is -2.08. The Balaban J connectivity index is 2.32. The van der Waals surface area contributed by atoms with Crippen LogP contribution in [0.5, 0.6) is 5.75 Å². The average molecular weight is 216 g/mol. The molecule has 0 spiro atoms. The summed E-state index contributed by atoms with van der Waals surface area (Å²) in [4.78, 5) is 4.43. The minimum Gasteiger partial charge on any atom is -0.506 e. The number of hydrogen-bond donors (Lipinski definition) is 2. The molecule has 0 saturated carbocycles. The maximum atomic E-state index is 9.69. The third kappa shape index (κ3) is 2.31. The first-order valence-electron chi connectivity index (χ1n) is 5.48. The first-order valence-corrected chi connectivity index (χ1v) is 5.48. The Kier molecular flexibility index (Phi) is 3.06. The lowest BCUT2D eigenvalue weighted by molar-refractivity contribution is 0.480. The number of nitrogens with zero attached hydrogens (tertiary/aromatic N) is 1. The van der Waals surface area contributed by atoms with Crippen LogP contribution < -0.4 is 5.32 Å². The highest BCUT2D eigenvalue weighted by molar-refractivity contribution is 5.84. The van der Waals surface area contributed by atoms with Crippen LogP contribution in [0.3, 0.4) is 0 Å². The molecular weight excluding hydrogens is 200 g/mol. The van der Waals surface area contributed by atoms with E-state index in [2.05, 4.69) is 24.1 Å². The molecule has 0 aliphatic carbocycles. The van der Waals surface area contributed by atoms with Crippen molar-refractivity contribution >= 4 is 10.9 Å². The molecule has 1 aromatic carbocycles. The van der Waals surface area contributed by atoms with E-state index in [1.165, 1.54) is 0 Å². The summed E-state index contributed by atoms with van der Waals surface area (Å²) in [6.07, 6.45) is 0. The summed E-state index contributed by atoms with van der Waals surface area (Å²) in [6.45, 7) is 4.92. The molecule has 1 aromatic heterocycles. The highest BCUT2D eigenvalue weighted by Gasteiger charge is 2.02. The van der Waals surface area contributed by atoms with Gasteiger partial charge < -0.3 is 10.4 Å². The van der Waals surface area contributed by atoms with Crippen molar-refractivity contribution in [3.05, 3.63) is 36.0 Å². The first kappa shape index (κ1) is 10.9. The summed E-state index contributed by atoms with van der Waals surface area (Å²) < 4.78 is 0. The van der Waals surface area contributed by atoms with Crippen LogP contribution in [0.1, 0.15) is 19.5 Å². The highest BCUT2D eigenvalue weighted by Crippen LogP contribution is 2.22. The van der Waals surface area contributed by atoms with Crippen LogP contribution in [0.25, 0.3) is 10.9 Å². The van der Waals surface area contributed by atoms with Gasteiger partial charge in [-0.2, -0.15) is 0 Å². The SMILES string of the molecule is CC(C)NCc1ccc2cccc(O)c2n1. The predicted octanol–water partition coefficient (Wildman–Crippen LogP) is 2.44. The lowest BCUT2D eigenvalue weighted by Crippen LogP contribution is -2.22. The van der Waals surface area contributed by atoms with Crippen molar-refractivity contribution in [2.75, 3.05) is 0 Å².